The standard InChI is InChI=1S/C10H14BrClN4/c1-6(9(13)14)5-16(2)10-8(11)3-7(12)4-15-10/h3-4,6H,5H2,1-2H3,(H3,13,14). The average molecular weight is 306 g/mol. The monoisotopic (exact) mass is 304 g/mol. The van der Waals surface area contributed by atoms with Crippen LogP contribution in [0, 0.1) is 11.3 Å². The van der Waals surface area contributed by atoms with E-state index >= 15 is 0 Å². The fraction of sp³-hybridized carbons (Fsp3) is 0.400. The number of nitrogens with one attached hydrogen (secondary N) is 1. The molecule has 0 aliphatic rings. The Morgan fingerprint density at radius 2 is 2.38 bits per heavy atom. The molecule has 0 radical (unpaired) electrons. The summed E-state index contributed by atoms with van der Waals surface area (Å²) < 4.78 is 0.832. The number of anilines is 1. The maximum atomic E-state index is 7.34. The molecule has 0 aliphatic heterocycles. The first-order valence-corrected chi connectivity index (χ1v) is 5.95. The van der Waals surface area contributed by atoms with E-state index in [0.717, 1.165) is 10.3 Å². The van der Waals surface area contributed by atoms with Gasteiger partial charge in [0.15, 0.2) is 0 Å². The molecule has 6 heteroatoms. The highest BCUT2D eigenvalue weighted by Gasteiger charge is 2.13. The number of hydrogen-bond acceptors (Lipinski definition) is 3. The van der Waals surface area contributed by atoms with Crippen LogP contribution < -0.4 is 10.6 Å². The van der Waals surface area contributed by atoms with E-state index < -0.39 is 0 Å². The second-order valence-corrected chi connectivity index (χ2v) is 4.99. The van der Waals surface area contributed by atoms with Gasteiger partial charge in [-0.25, -0.2) is 4.98 Å². The van der Waals surface area contributed by atoms with Crippen LogP contribution >= 0.6 is 27.5 Å². The summed E-state index contributed by atoms with van der Waals surface area (Å²) in [5.41, 5.74) is 5.43. The highest BCUT2D eigenvalue weighted by Crippen LogP contribution is 2.26. The SMILES string of the molecule is CC(CN(C)c1ncc(Cl)cc1Br)C(=N)N. The minimum atomic E-state index is -0.00521. The fourth-order valence-corrected chi connectivity index (χ4v) is 2.23. The molecule has 1 aromatic rings. The van der Waals surface area contributed by atoms with Crippen molar-refractivity contribution >= 4 is 39.2 Å². The molecule has 1 unspecified atom stereocenters. The molecule has 0 spiro atoms. The number of pyridine rings is 1. The molecule has 4 nitrogen and oxygen atoms in total. The molecule has 0 fully saturated rings. The van der Waals surface area contributed by atoms with Gasteiger partial charge >= 0.3 is 0 Å². The lowest BCUT2D eigenvalue weighted by Crippen LogP contribution is -2.32. The normalized spacial score (nSPS) is 12.2. The van der Waals surface area contributed by atoms with E-state index in [0.29, 0.717) is 11.6 Å². The smallest absolute Gasteiger partial charge is 0.142 e. The van der Waals surface area contributed by atoms with Crippen molar-refractivity contribution in [2.24, 2.45) is 11.7 Å². The topological polar surface area (TPSA) is 66.0 Å². The van der Waals surface area contributed by atoms with Crippen LogP contribution in [0.2, 0.25) is 5.02 Å². The van der Waals surface area contributed by atoms with Crippen LogP contribution in [-0.4, -0.2) is 24.4 Å². The zero-order valence-corrected chi connectivity index (χ0v) is 11.5. The molecular weight excluding hydrogens is 291 g/mol. The van der Waals surface area contributed by atoms with Gasteiger partial charge in [0.2, 0.25) is 0 Å². The molecular formula is C10H14BrClN4. The maximum Gasteiger partial charge on any atom is 0.142 e. The molecule has 16 heavy (non-hydrogen) atoms. The van der Waals surface area contributed by atoms with Crippen LogP contribution in [-0.2, 0) is 0 Å². The van der Waals surface area contributed by atoms with Gasteiger partial charge < -0.3 is 10.6 Å². The van der Waals surface area contributed by atoms with Crippen molar-refractivity contribution in [2.45, 2.75) is 6.92 Å². The van der Waals surface area contributed by atoms with Crippen molar-refractivity contribution in [3.05, 3.63) is 21.8 Å². The van der Waals surface area contributed by atoms with E-state index in [1.54, 1.807) is 12.3 Å². The number of amidine groups is 1. The average Bonchev–Trinajstić information content (AvgIpc) is 2.16. The fourth-order valence-electron chi connectivity index (χ4n) is 1.28. The quantitative estimate of drug-likeness (QED) is 0.663. The highest BCUT2D eigenvalue weighted by molar-refractivity contribution is 9.10. The van der Waals surface area contributed by atoms with Crippen molar-refractivity contribution < 1.29 is 0 Å². The van der Waals surface area contributed by atoms with Gasteiger partial charge in [0.1, 0.15) is 5.82 Å². The lowest BCUT2D eigenvalue weighted by atomic mass is 10.1. The third kappa shape index (κ3) is 3.35. The van der Waals surface area contributed by atoms with E-state index in [1.165, 1.54) is 0 Å². The number of rotatable bonds is 4. The predicted molar refractivity (Wildman–Crippen MR) is 71.3 cm³/mol. The predicted octanol–water partition coefficient (Wildman–Crippen LogP) is 2.51. The summed E-state index contributed by atoms with van der Waals surface area (Å²) in [5.74, 6) is 0.962. The lowest BCUT2D eigenvalue weighted by Gasteiger charge is -2.22. The van der Waals surface area contributed by atoms with E-state index in [1.807, 2.05) is 18.9 Å². The Hall–Kier alpha value is -0.810. The van der Waals surface area contributed by atoms with Crippen molar-refractivity contribution in [3.8, 4) is 0 Å². The lowest BCUT2D eigenvalue weighted by molar-refractivity contribution is 0.721. The minimum absolute atomic E-state index is 0.00521. The third-order valence-electron chi connectivity index (χ3n) is 2.23. The zero-order valence-electron chi connectivity index (χ0n) is 9.17. The van der Waals surface area contributed by atoms with Crippen LogP contribution in [0.3, 0.4) is 0 Å². The number of hydrogen-bond donors (Lipinski definition) is 2. The Bertz CT molecular complexity index is 396. The summed E-state index contributed by atoms with van der Waals surface area (Å²) >= 11 is 9.21. The van der Waals surface area contributed by atoms with Crippen molar-refractivity contribution in [2.75, 3.05) is 18.5 Å². The van der Waals surface area contributed by atoms with E-state index in [4.69, 9.17) is 22.7 Å². The summed E-state index contributed by atoms with van der Waals surface area (Å²) in [6.45, 7) is 2.55. The first kappa shape index (κ1) is 13.3. The van der Waals surface area contributed by atoms with Crippen LogP contribution in [0.25, 0.3) is 0 Å². The van der Waals surface area contributed by atoms with Crippen LogP contribution in [0.1, 0.15) is 6.92 Å². The summed E-state index contributed by atoms with van der Waals surface area (Å²) in [5, 5.41) is 7.93. The van der Waals surface area contributed by atoms with E-state index in [2.05, 4.69) is 20.9 Å². The van der Waals surface area contributed by atoms with E-state index in [9.17, 15) is 0 Å². The summed E-state index contributed by atoms with van der Waals surface area (Å²) in [4.78, 5) is 6.16. The second-order valence-electron chi connectivity index (χ2n) is 3.70. The van der Waals surface area contributed by atoms with Crippen LogP contribution in [0.15, 0.2) is 16.7 Å². The molecule has 1 heterocycles. The van der Waals surface area contributed by atoms with Crippen molar-refractivity contribution in [1.82, 2.24) is 4.98 Å². The van der Waals surface area contributed by atoms with Crippen molar-refractivity contribution in [3.63, 3.8) is 0 Å². The molecule has 3 N–H and O–H groups in total. The summed E-state index contributed by atoms with van der Waals surface area (Å²) in [6, 6.07) is 1.79. The molecule has 1 aromatic heterocycles. The molecule has 1 atom stereocenters. The van der Waals surface area contributed by atoms with Gasteiger partial charge in [-0.05, 0) is 22.0 Å². The van der Waals surface area contributed by atoms with Gasteiger partial charge in [0, 0.05) is 25.7 Å². The van der Waals surface area contributed by atoms with Gasteiger partial charge in [0.05, 0.1) is 15.3 Å². The third-order valence-corrected chi connectivity index (χ3v) is 3.02. The number of aromatic nitrogens is 1. The molecule has 0 amide bonds. The number of nitrogens with zero attached hydrogens (tertiary/aromatic N) is 2. The molecule has 0 bridgehead atoms. The Kier molecular flexibility index (Phi) is 4.56. The second kappa shape index (κ2) is 5.50. The number of halogens is 2. The molecule has 1 rings (SSSR count). The first-order chi connectivity index (χ1) is 7.41. The van der Waals surface area contributed by atoms with Gasteiger partial charge in [-0.1, -0.05) is 18.5 Å². The number of nitrogens with two attached hydrogens (primary N) is 1. The highest BCUT2D eigenvalue weighted by atomic mass is 79.9. The molecule has 0 aromatic carbocycles. The zero-order chi connectivity index (χ0) is 12.3. The Morgan fingerprint density at radius 3 is 2.88 bits per heavy atom. The first-order valence-electron chi connectivity index (χ1n) is 4.78. The Labute approximate surface area is 108 Å². The summed E-state index contributed by atoms with van der Waals surface area (Å²) in [6.07, 6.45) is 1.59. The largest absolute Gasteiger partial charge is 0.387 e. The Morgan fingerprint density at radius 1 is 1.75 bits per heavy atom. The van der Waals surface area contributed by atoms with Gasteiger partial charge in [0.25, 0.3) is 0 Å². The van der Waals surface area contributed by atoms with E-state index in [-0.39, 0.29) is 11.8 Å². The molecule has 0 aliphatic carbocycles. The van der Waals surface area contributed by atoms with Gasteiger partial charge in [-0.2, -0.15) is 0 Å². The Balaban J connectivity index is 2.80. The maximum absolute atomic E-state index is 7.34. The van der Waals surface area contributed by atoms with Crippen molar-refractivity contribution in [1.29, 1.82) is 5.41 Å². The van der Waals surface area contributed by atoms with Gasteiger partial charge in [-0.15, -0.1) is 0 Å². The molecule has 88 valence electrons. The van der Waals surface area contributed by atoms with Gasteiger partial charge in [-0.3, -0.25) is 5.41 Å². The van der Waals surface area contributed by atoms with Crippen LogP contribution in [0.5, 0.6) is 0 Å². The minimum Gasteiger partial charge on any atom is -0.387 e. The molecule has 0 saturated heterocycles. The summed E-state index contributed by atoms with van der Waals surface area (Å²) in [7, 11) is 1.90. The molecule has 0 saturated carbocycles. The van der Waals surface area contributed by atoms with Crippen LogP contribution in [0.4, 0.5) is 5.82 Å².